The van der Waals surface area contributed by atoms with Crippen LogP contribution in [0.15, 0.2) is 47.5 Å². The van der Waals surface area contributed by atoms with Crippen LogP contribution in [0.4, 0.5) is 0 Å². The van der Waals surface area contributed by atoms with Gasteiger partial charge in [-0.3, -0.25) is 4.79 Å². The molecule has 0 bridgehead atoms. The van der Waals surface area contributed by atoms with Crippen molar-refractivity contribution in [2.45, 2.75) is 0 Å². The van der Waals surface area contributed by atoms with Crippen molar-refractivity contribution in [2.24, 2.45) is 4.99 Å². The molecule has 0 atom stereocenters. The van der Waals surface area contributed by atoms with Crippen molar-refractivity contribution < 1.29 is 9.90 Å². The lowest BCUT2D eigenvalue weighted by Crippen LogP contribution is -2.22. The van der Waals surface area contributed by atoms with Gasteiger partial charge in [0.05, 0.1) is 16.5 Å². The smallest absolute Gasteiger partial charge is 0.279 e. The summed E-state index contributed by atoms with van der Waals surface area (Å²) in [7, 11) is 0. The number of rotatable bonds is 1. The Kier molecular flexibility index (Phi) is 2.43. The molecule has 1 aromatic heterocycles. The number of hydrogen-bond acceptors (Lipinski definition) is 2. The molecule has 0 saturated carbocycles. The summed E-state index contributed by atoms with van der Waals surface area (Å²) in [6, 6.07) is 12.5. The lowest BCUT2D eigenvalue weighted by Gasteiger charge is -2.00. The van der Waals surface area contributed by atoms with Crippen LogP contribution in [-0.4, -0.2) is 16.0 Å². The molecule has 0 spiro atoms. The van der Waals surface area contributed by atoms with Crippen LogP contribution in [0.1, 0.15) is 5.56 Å². The molecule has 4 rings (SSSR count). The van der Waals surface area contributed by atoms with E-state index in [-0.39, 0.29) is 11.8 Å². The normalized spacial score (nSPS) is 13.6. The highest BCUT2D eigenvalue weighted by Crippen LogP contribution is 2.34. The van der Waals surface area contributed by atoms with Crippen LogP contribution < -0.4 is 10.6 Å². The van der Waals surface area contributed by atoms with Crippen LogP contribution in [-0.2, 0) is 4.79 Å². The van der Waals surface area contributed by atoms with E-state index in [4.69, 9.17) is 11.6 Å². The lowest BCUT2D eigenvalue weighted by atomic mass is 10.0. The van der Waals surface area contributed by atoms with Crippen LogP contribution in [0, 0.1) is 0 Å². The number of halogens is 1. The van der Waals surface area contributed by atoms with E-state index in [1.807, 2.05) is 18.2 Å². The highest BCUT2D eigenvalue weighted by atomic mass is 35.5. The number of aromatic nitrogens is 1. The molecule has 1 aliphatic heterocycles. The van der Waals surface area contributed by atoms with Crippen LogP contribution >= 0.6 is 11.6 Å². The van der Waals surface area contributed by atoms with Crippen LogP contribution in [0.25, 0.3) is 16.5 Å². The molecule has 21 heavy (non-hydrogen) atoms. The van der Waals surface area contributed by atoms with Gasteiger partial charge in [0.15, 0.2) is 5.88 Å². The molecule has 2 heterocycles. The van der Waals surface area contributed by atoms with Crippen molar-refractivity contribution in [1.29, 1.82) is 0 Å². The van der Waals surface area contributed by atoms with Gasteiger partial charge >= 0.3 is 0 Å². The summed E-state index contributed by atoms with van der Waals surface area (Å²) >= 11 is 6.03. The average Bonchev–Trinajstić information content (AvgIpc) is 2.94. The van der Waals surface area contributed by atoms with Gasteiger partial charge in [-0.15, -0.1) is 0 Å². The first kappa shape index (κ1) is 12.2. The molecule has 3 aromatic rings. The third kappa shape index (κ3) is 1.69. The van der Waals surface area contributed by atoms with Crippen molar-refractivity contribution in [3.63, 3.8) is 0 Å². The van der Waals surface area contributed by atoms with Crippen molar-refractivity contribution in [3.05, 3.63) is 63.6 Å². The van der Waals surface area contributed by atoms with E-state index in [0.717, 1.165) is 10.7 Å². The Morgan fingerprint density at radius 1 is 1.14 bits per heavy atom. The molecular weight excluding hydrogens is 288 g/mol. The average molecular weight is 297 g/mol. The predicted octanol–water partition coefficient (Wildman–Crippen LogP) is 1.89. The third-order valence-electron chi connectivity index (χ3n) is 3.60. The van der Waals surface area contributed by atoms with Crippen molar-refractivity contribution >= 4 is 34.0 Å². The fourth-order valence-corrected chi connectivity index (χ4v) is 2.88. The Morgan fingerprint density at radius 3 is 2.81 bits per heavy atom. The fourth-order valence-electron chi connectivity index (χ4n) is 2.71. The summed E-state index contributed by atoms with van der Waals surface area (Å²) in [5, 5.41) is 12.8. The molecule has 0 radical (unpaired) electrons. The van der Waals surface area contributed by atoms with E-state index >= 15 is 0 Å². The number of benzene rings is 2. The summed E-state index contributed by atoms with van der Waals surface area (Å²) in [4.78, 5) is 19.1. The summed E-state index contributed by atoms with van der Waals surface area (Å²) in [6.45, 7) is 0. The summed E-state index contributed by atoms with van der Waals surface area (Å²) in [6.07, 6.45) is 0. The number of aromatic hydroxyl groups is 1. The molecular formula is C16H9ClN2O2. The molecule has 2 aromatic carbocycles. The molecule has 0 aliphatic carbocycles. The highest BCUT2D eigenvalue weighted by molar-refractivity contribution is 6.32. The van der Waals surface area contributed by atoms with Gasteiger partial charge in [0.25, 0.3) is 5.91 Å². The van der Waals surface area contributed by atoms with Gasteiger partial charge in [-0.2, -0.15) is 0 Å². The van der Waals surface area contributed by atoms with Crippen LogP contribution in [0.2, 0.25) is 5.02 Å². The van der Waals surface area contributed by atoms with E-state index < -0.39 is 0 Å². The minimum Gasteiger partial charge on any atom is -0.494 e. The number of hydrogen-bond donors (Lipinski definition) is 2. The van der Waals surface area contributed by atoms with E-state index in [1.165, 1.54) is 0 Å². The number of fused-ring (bicyclic) bond motifs is 2. The fraction of sp³-hybridized carbons (Fsp3) is 0. The van der Waals surface area contributed by atoms with Crippen molar-refractivity contribution in [2.75, 3.05) is 0 Å². The van der Waals surface area contributed by atoms with Crippen LogP contribution in [0.3, 0.4) is 0 Å². The molecule has 1 amide bonds. The second-order valence-electron chi connectivity index (χ2n) is 4.85. The first-order valence-electron chi connectivity index (χ1n) is 6.38. The molecule has 1 aliphatic rings. The number of aromatic amines is 1. The number of amides is 1. The molecule has 0 fully saturated rings. The number of carbonyl (C=O) groups is 1. The Balaban J connectivity index is 2.18. The molecule has 2 N–H and O–H groups in total. The second-order valence-corrected chi connectivity index (χ2v) is 5.28. The number of para-hydroxylation sites is 1. The standard InChI is InChI=1S/C16H9ClN2O2/c17-8-5-6-12-10(7-8)14(16(21)19-12)13-9-3-1-2-4-11(9)18-15(13)20/h1-7,19,21H. The zero-order valence-corrected chi connectivity index (χ0v) is 11.5. The zero-order valence-electron chi connectivity index (χ0n) is 10.7. The van der Waals surface area contributed by atoms with E-state index in [9.17, 15) is 9.90 Å². The van der Waals surface area contributed by atoms with Gasteiger partial charge in [0.2, 0.25) is 0 Å². The predicted molar refractivity (Wildman–Crippen MR) is 79.7 cm³/mol. The zero-order chi connectivity index (χ0) is 14.6. The van der Waals surface area contributed by atoms with E-state index in [0.29, 0.717) is 26.9 Å². The van der Waals surface area contributed by atoms with Crippen molar-refractivity contribution in [1.82, 2.24) is 4.98 Å². The molecule has 0 unspecified atom stereocenters. The minimum atomic E-state index is -0.354. The van der Waals surface area contributed by atoms with Gasteiger partial charge in [-0.25, -0.2) is 4.99 Å². The Morgan fingerprint density at radius 2 is 1.95 bits per heavy atom. The number of carbonyl (C=O) groups excluding carboxylic acids is 1. The second kappa shape index (κ2) is 4.20. The molecule has 4 nitrogen and oxygen atoms in total. The van der Waals surface area contributed by atoms with E-state index in [1.54, 1.807) is 24.3 Å². The van der Waals surface area contributed by atoms with Crippen LogP contribution in [0.5, 0.6) is 5.88 Å². The first-order valence-corrected chi connectivity index (χ1v) is 6.76. The first-order chi connectivity index (χ1) is 10.1. The molecule has 5 heteroatoms. The minimum absolute atomic E-state index is 0.0532. The van der Waals surface area contributed by atoms with E-state index in [2.05, 4.69) is 9.98 Å². The third-order valence-corrected chi connectivity index (χ3v) is 3.84. The molecule has 102 valence electrons. The SMILES string of the molecule is O=C1N=c2ccccc2=C1c1c(O)[nH]c2ccc(Cl)cc12. The van der Waals surface area contributed by atoms with Crippen molar-refractivity contribution in [3.8, 4) is 5.88 Å². The number of nitrogens with zero attached hydrogens (tertiary/aromatic N) is 1. The topological polar surface area (TPSA) is 65.4 Å². The maximum absolute atomic E-state index is 12.2. The Bertz CT molecular complexity index is 1030. The number of H-pyrrole nitrogens is 1. The Labute approximate surface area is 124 Å². The van der Waals surface area contributed by atoms with Gasteiger partial charge in [-0.1, -0.05) is 29.8 Å². The summed E-state index contributed by atoms with van der Waals surface area (Å²) < 4.78 is 0. The summed E-state index contributed by atoms with van der Waals surface area (Å²) in [5.41, 5.74) is 1.57. The van der Waals surface area contributed by atoms with Gasteiger partial charge < -0.3 is 10.1 Å². The number of nitrogens with one attached hydrogen (secondary N) is 1. The quantitative estimate of drug-likeness (QED) is 0.720. The lowest BCUT2D eigenvalue weighted by molar-refractivity contribution is -0.112. The highest BCUT2D eigenvalue weighted by Gasteiger charge is 2.24. The largest absolute Gasteiger partial charge is 0.494 e. The Hall–Kier alpha value is -2.59. The maximum atomic E-state index is 12.2. The van der Waals surface area contributed by atoms with Gasteiger partial charge in [0.1, 0.15) is 0 Å². The molecule has 0 saturated heterocycles. The van der Waals surface area contributed by atoms with Gasteiger partial charge in [-0.05, 0) is 24.3 Å². The van der Waals surface area contributed by atoms with Gasteiger partial charge in [0, 0.05) is 21.1 Å². The summed E-state index contributed by atoms with van der Waals surface area (Å²) in [5.74, 6) is -0.408. The monoisotopic (exact) mass is 296 g/mol. The maximum Gasteiger partial charge on any atom is 0.279 e.